The average Bonchev–Trinajstić information content (AvgIpc) is 2.93. The van der Waals surface area contributed by atoms with Gasteiger partial charge < -0.3 is 5.32 Å². The van der Waals surface area contributed by atoms with Crippen LogP contribution < -0.4 is 5.32 Å². The van der Waals surface area contributed by atoms with Gasteiger partial charge in [0.25, 0.3) is 0 Å². The van der Waals surface area contributed by atoms with Gasteiger partial charge in [-0.05, 0) is 41.0 Å². The molecule has 0 amide bonds. The standard InChI is InChI=1S/C18H25NS/c1-5-12-19-17(16-7-6-13-20-16)14-8-10-15(11-9-14)18(2,3)4/h6-11,13,17,19H,5,12H2,1-4H3. The highest BCUT2D eigenvalue weighted by Crippen LogP contribution is 2.28. The van der Waals surface area contributed by atoms with Crippen molar-refractivity contribution >= 4 is 11.3 Å². The van der Waals surface area contributed by atoms with Crippen LogP contribution in [0.2, 0.25) is 0 Å². The highest BCUT2D eigenvalue weighted by atomic mass is 32.1. The van der Waals surface area contributed by atoms with Gasteiger partial charge in [-0.2, -0.15) is 0 Å². The summed E-state index contributed by atoms with van der Waals surface area (Å²) >= 11 is 1.82. The van der Waals surface area contributed by atoms with Crippen LogP contribution in [-0.2, 0) is 5.41 Å². The number of rotatable bonds is 5. The molecule has 0 aliphatic rings. The summed E-state index contributed by atoms with van der Waals surface area (Å²) in [6.07, 6.45) is 1.15. The van der Waals surface area contributed by atoms with E-state index in [4.69, 9.17) is 0 Å². The molecule has 0 spiro atoms. The Balaban J connectivity index is 2.25. The van der Waals surface area contributed by atoms with Gasteiger partial charge in [-0.1, -0.05) is 58.0 Å². The lowest BCUT2D eigenvalue weighted by atomic mass is 9.86. The van der Waals surface area contributed by atoms with Crippen LogP contribution in [0.15, 0.2) is 41.8 Å². The highest BCUT2D eigenvalue weighted by molar-refractivity contribution is 7.10. The van der Waals surface area contributed by atoms with Crippen molar-refractivity contribution in [3.63, 3.8) is 0 Å². The van der Waals surface area contributed by atoms with Crippen molar-refractivity contribution in [1.82, 2.24) is 5.32 Å². The third-order valence-electron chi connectivity index (χ3n) is 3.54. The molecule has 2 heteroatoms. The Kier molecular flexibility index (Phi) is 5.00. The van der Waals surface area contributed by atoms with E-state index in [1.807, 2.05) is 11.3 Å². The van der Waals surface area contributed by atoms with E-state index >= 15 is 0 Å². The molecule has 2 rings (SSSR count). The zero-order valence-electron chi connectivity index (χ0n) is 12.9. The normalized spacial score (nSPS) is 13.4. The molecular weight excluding hydrogens is 262 g/mol. The molecule has 1 unspecified atom stereocenters. The summed E-state index contributed by atoms with van der Waals surface area (Å²) in [5.74, 6) is 0. The van der Waals surface area contributed by atoms with Crippen LogP contribution in [-0.4, -0.2) is 6.54 Å². The van der Waals surface area contributed by atoms with E-state index in [2.05, 4.69) is 74.8 Å². The molecule has 1 N–H and O–H groups in total. The van der Waals surface area contributed by atoms with Crippen molar-refractivity contribution < 1.29 is 0 Å². The number of benzene rings is 1. The Bertz CT molecular complexity index is 505. The first-order chi connectivity index (χ1) is 9.52. The van der Waals surface area contributed by atoms with Gasteiger partial charge in [0, 0.05) is 4.88 Å². The van der Waals surface area contributed by atoms with E-state index in [-0.39, 0.29) is 5.41 Å². The number of thiophene rings is 1. The lowest BCUT2D eigenvalue weighted by Crippen LogP contribution is -2.22. The van der Waals surface area contributed by atoms with E-state index in [1.54, 1.807) is 0 Å². The second kappa shape index (κ2) is 6.55. The molecule has 0 aliphatic carbocycles. The summed E-state index contributed by atoms with van der Waals surface area (Å²) in [7, 11) is 0. The van der Waals surface area contributed by atoms with Crippen LogP contribution in [0.3, 0.4) is 0 Å². The molecule has 1 nitrogen and oxygen atoms in total. The highest BCUT2D eigenvalue weighted by Gasteiger charge is 2.17. The molecule has 1 heterocycles. The number of nitrogens with one attached hydrogen (secondary N) is 1. The minimum absolute atomic E-state index is 0.216. The molecule has 0 radical (unpaired) electrons. The van der Waals surface area contributed by atoms with Crippen molar-refractivity contribution in [2.24, 2.45) is 0 Å². The molecule has 0 saturated carbocycles. The predicted octanol–water partition coefficient (Wildman–Crippen LogP) is 5.13. The van der Waals surface area contributed by atoms with Crippen LogP contribution in [0.4, 0.5) is 0 Å². The van der Waals surface area contributed by atoms with Crippen LogP contribution in [0.5, 0.6) is 0 Å². The maximum absolute atomic E-state index is 3.66. The Morgan fingerprint density at radius 2 is 1.80 bits per heavy atom. The summed E-state index contributed by atoms with van der Waals surface area (Å²) in [6, 6.07) is 13.7. The first kappa shape index (κ1) is 15.3. The van der Waals surface area contributed by atoms with Crippen LogP contribution in [0.25, 0.3) is 0 Å². The first-order valence-corrected chi connectivity index (χ1v) is 8.27. The number of hydrogen-bond donors (Lipinski definition) is 1. The molecule has 1 aromatic carbocycles. The Hall–Kier alpha value is -1.12. The molecule has 20 heavy (non-hydrogen) atoms. The van der Waals surface area contributed by atoms with Crippen molar-refractivity contribution in [3.05, 3.63) is 57.8 Å². The van der Waals surface area contributed by atoms with Crippen LogP contribution >= 0.6 is 11.3 Å². The Labute approximate surface area is 127 Å². The van der Waals surface area contributed by atoms with E-state index < -0.39 is 0 Å². The fraction of sp³-hybridized carbons (Fsp3) is 0.444. The predicted molar refractivity (Wildman–Crippen MR) is 89.6 cm³/mol. The molecule has 0 aliphatic heterocycles. The summed E-state index contributed by atoms with van der Waals surface area (Å²) < 4.78 is 0. The second-order valence-electron chi connectivity index (χ2n) is 6.27. The molecule has 1 atom stereocenters. The second-order valence-corrected chi connectivity index (χ2v) is 7.25. The SMILES string of the molecule is CCCNC(c1ccc(C(C)(C)C)cc1)c1cccs1. The van der Waals surface area contributed by atoms with Crippen molar-refractivity contribution in [3.8, 4) is 0 Å². The summed E-state index contributed by atoms with van der Waals surface area (Å²) in [6.45, 7) is 10.0. The fourth-order valence-corrected chi connectivity index (χ4v) is 3.13. The van der Waals surface area contributed by atoms with Gasteiger partial charge in [0.2, 0.25) is 0 Å². The Morgan fingerprint density at radius 1 is 1.10 bits per heavy atom. The van der Waals surface area contributed by atoms with E-state index in [0.717, 1.165) is 13.0 Å². The minimum atomic E-state index is 0.216. The van der Waals surface area contributed by atoms with E-state index in [1.165, 1.54) is 16.0 Å². The van der Waals surface area contributed by atoms with Gasteiger partial charge in [0.15, 0.2) is 0 Å². The summed E-state index contributed by atoms with van der Waals surface area (Å²) in [4.78, 5) is 1.39. The molecule has 0 bridgehead atoms. The quantitative estimate of drug-likeness (QED) is 0.803. The monoisotopic (exact) mass is 287 g/mol. The zero-order valence-corrected chi connectivity index (χ0v) is 13.8. The van der Waals surface area contributed by atoms with Crippen molar-refractivity contribution in [1.29, 1.82) is 0 Å². The van der Waals surface area contributed by atoms with E-state index in [0.29, 0.717) is 6.04 Å². The Morgan fingerprint density at radius 3 is 2.30 bits per heavy atom. The maximum Gasteiger partial charge on any atom is 0.0671 e. The van der Waals surface area contributed by atoms with Gasteiger partial charge >= 0.3 is 0 Å². The zero-order chi connectivity index (χ0) is 14.6. The van der Waals surface area contributed by atoms with Crippen LogP contribution in [0, 0.1) is 0 Å². The summed E-state index contributed by atoms with van der Waals surface area (Å²) in [5, 5.41) is 5.81. The largest absolute Gasteiger partial charge is 0.306 e. The summed E-state index contributed by atoms with van der Waals surface area (Å²) in [5.41, 5.74) is 2.96. The third-order valence-corrected chi connectivity index (χ3v) is 4.47. The van der Waals surface area contributed by atoms with Crippen molar-refractivity contribution in [2.45, 2.75) is 45.6 Å². The van der Waals surface area contributed by atoms with Gasteiger partial charge in [-0.15, -0.1) is 11.3 Å². The van der Waals surface area contributed by atoms with Gasteiger partial charge in [0.1, 0.15) is 0 Å². The molecule has 108 valence electrons. The molecule has 2 aromatic rings. The third kappa shape index (κ3) is 3.71. The topological polar surface area (TPSA) is 12.0 Å². The average molecular weight is 287 g/mol. The van der Waals surface area contributed by atoms with Gasteiger partial charge in [-0.3, -0.25) is 0 Å². The smallest absolute Gasteiger partial charge is 0.0671 e. The molecule has 0 fully saturated rings. The van der Waals surface area contributed by atoms with Crippen molar-refractivity contribution in [2.75, 3.05) is 6.54 Å². The molecular formula is C18H25NS. The van der Waals surface area contributed by atoms with E-state index in [9.17, 15) is 0 Å². The minimum Gasteiger partial charge on any atom is -0.306 e. The molecule has 1 aromatic heterocycles. The first-order valence-electron chi connectivity index (χ1n) is 7.39. The van der Waals surface area contributed by atoms with Gasteiger partial charge in [0.05, 0.1) is 6.04 Å². The van der Waals surface area contributed by atoms with Gasteiger partial charge in [-0.25, -0.2) is 0 Å². The lowest BCUT2D eigenvalue weighted by Gasteiger charge is -2.22. The number of hydrogen-bond acceptors (Lipinski definition) is 2. The maximum atomic E-state index is 3.66. The fourth-order valence-electron chi connectivity index (χ4n) is 2.30. The molecule has 0 saturated heterocycles. The van der Waals surface area contributed by atoms with Crippen LogP contribution in [0.1, 0.15) is 56.2 Å². The lowest BCUT2D eigenvalue weighted by molar-refractivity contribution is 0.585.